The normalized spacial score (nSPS) is 11.1. The molecule has 25 heavy (non-hydrogen) atoms. The van der Waals surface area contributed by atoms with E-state index in [1.165, 1.54) is 12.1 Å². The van der Waals surface area contributed by atoms with Crippen LogP contribution < -0.4 is 20.7 Å². The van der Waals surface area contributed by atoms with E-state index >= 15 is 0 Å². The lowest BCUT2D eigenvalue weighted by molar-refractivity contribution is -0.118. The first kappa shape index (κ1) is 19.8. The predicted octanol–water partition coefficient (Wildman–Crippen LogP) is 2.22. The first-order valence-electron chi connectivity index (χ1n) is 7.65. The number of hydrogen-bond acceptors (Lipinski definition) is 6. The molecule has 1 amide bonds. The van der Waals surface area contributed by atoms with E-state index in [1.54, 1.807) is 57.3 Å². The first-order chi connectivity index (χ1) is 11.9. The maximum Gasteiger partial charge on any atom is 0.368 e. The first-order valence-corrected chi connectivity index (χ1v) is 7.65. The number of nitrogens with zero attached hydrogens (tertiary/aromatic N) is 4. The fourth-order valence-corrected chi connectivity index (χ4v) is 2.31. The van der Waals surface area contributed by atoms with Gasteiger partial charge < -0.3 is 20.7 Å². The summed E-state index contributed by atoms with van der Waals surface area (Å²) in [5.41, 5.74) is 7.82. The van der Waals surface area contributed by atoms with Crippen LogP contribution in [0.5, 0.6) is 5.75 Å². The fraction of sp³-hybridized carbons (Fsp3) is 0.353. The highest BCUT2D eigenvalue weighted by Crippen LogP contribution is 2.39. The van der Waals surface area contributed by atoms with Crippen LogP contribution in [0, 0.1) is 6.57 Å². The molecule has 0 spiro atoms. The van der Waals surface area contributed by atoms with Gasteiger partial charge in [-0.15, -0.1) is 0 Å². The molecule has 0 bridgehead atoms. The lowest BCUT2D eigenvalue weighted by Gasteiger charge is -2.22. The number of allylic oxidation sites excluding steroid dienone is 1. The zero-order valence-electron chi connectivity index (χ0n) is 15.3. The quantitative estimate of drug-likeness (QED) is 0.260. The Kier molecular flexibility index (Phi) is 7.28. The van der Waals surface area contributed by atoms with Gasteiger partial charge in [-0.3, -0.25) is 9.80 Å². The van der Waals surface area contributed by atoms with E-state index in [1.807, 2.05) is 0 Å². The third-order valence-corrected chi connectivity index (χ3v) is 3.44. The second-order valence-electron chi connectivity index (χ2n) is 5.15. The zero-order chi connectivity index (χ0) is 19.0. The minimum absolute atomic E-state index is 0.211. The van der Waals surface area contributed by atoms with Crippen molar-refractivity contribution in [3.8, 4) is 12.3 Å². The predicted molar refractivity (Wildman–Crippen MR) is 102 cm³/mol. The third kappa shape index (κ3) is 4.88. The molecule has 0 atom stereocenters. The molecule has 0 aliphatic carbocycles. The number of nitrogens with one attached hydrogen (secondary N) is 1. The van der Waals surface area contributed by atoms with Gasteiger partial charge in [0.15, 0.2) is 11.4 Å². The van der Waals surface area contributed by atoms with Crippen molar-refractivity contribution in [1.29, 1.82) is 0 Å². The Hall–Kier alpha value is -3.21. The Balaban J connectivity index is 2.96. The number of hydrazone groups is 1. The topological polar surface area (TPSA) is 87.5 Å². The molecule has 0 unspecified atom stereocenters. The van der Waals surface area contributed by atoms with Gasteiger partial charge in [0.1, 0.15) is 5.70 Å². The number of rotatable bonds is 7. The monoisotopic (exact) mass is 345 g/mol. The molecule has 1 aromatic rings. The molecule has 0 aromatic heterocycles. The fourth-order valence-electron chi connectivity index (χ4n) is 2.31. The number of benzene rings is 1. The van der Waals surface area contributed by atoms with Crippen LogP contribution >= 0.6 is 0 Å². The van der Waals surface area contributed by atoms with Crippen molar-refractivity contribution in [1.82, 2.24) is 10.3 Å². The van der Waals surface area contributed by atoms with Gasteiger partial charge in [-0.05, 0) is 18.7 Å². The van der Waals surface area contributed by atoms with Crippen LogP contribution in [0.15, 0.2) is 29.0 Å². The Labute approximate surface area is 148 Å². The highest BCUT2D eigenvalue weighted by Gasteiger charge is 2.22. The average molecular weight is 345 g/mol. The standard InChI is InChI=1S/C17H24N6O2/c1-7-14(23(5)21-8-2)17(24)20-11-22(4)16-13(19-3)9-12(18)10-15(16)25-6/h3,7-10H,11,18H2,1-2,4-6H3/p+1/b14-7-,21-8+. The summed E-state index contributed by atoms with van der Waals surface area (Å²) in [7, 11) is 5.01. The van der Waals surface area contributed by atoms with Crippen molar-refractivity contribution < 1.29 is 9.53 Å². The summed E-state index contributed by atoms with van der Waals surface area (Å²) in [5.74, 6) is 0.253. The van der Waals surface area contributed by atoms with Gasteiger partial charge in [0.05, 0.1) is 19.8 Å². The number of nitrogen functional groups attached to an aromatic ring is 1. The van der Waals surface area contributed by atoms with Crippen LogP contribution in [0.25, 0.3) is 4.85 Å². The van der Waals surface area contributed by atoms with Crippen LogP contribution in [-0.4, -0.2) is 45.0 Å². The molecule has 0 aliphatic heterocycles. The Morgan fingerprint density at radius 1 is 1.44 bits per heavy atom. The summed E-state index contributed by atoms with van der Waals surface area (Å²) in [6, 6.07) is 3.31. The molecular formula is C17H25N6O2+. The Morgan fingerprint density at radius 3 is 2.64 bits per heavy atom. The van der Waals surface area contributed by atoms with E-state index in [4.69, 9.17) is 17.0 Å². The molecule has 0 saturated carbocycles. The summed E-state index contributed by atoms with van der Waals surface area (Å²) in [5, 5.41) is 8.39. The second-order valence-corrected chi connectivity index (χ2v) is 5.15. The van der Waals surface area contributed by atoms with Crippen LogP contribution in [0.3, 0.4) is 0 Å². The van der Waals surface area contributed by atoms with Crippen molar-refractivity contribution in [3.05, 3.63) is 28.8 Å². The van der Waals surface area contributed by atoms with Gasteiger partial charge in [0.25, 0.3) is 12.5 Å². The number of amides is 1. The minimum atomic E-state index is -0.261. The van der Waals surface area contributed by atoms with Gasteiger partial charge in [-0.2, -0.15) is 5.10 Å². The molecule has 0 heterocycles. The summed E-state index contributed by atoms with van der Waals surface area (Å²) in [6.45, 7) is 9.21. The van der Waals surface area contributed by atoms with Gasteiger partial charge in [0.2, 0.25) is 0 Å². The maximum atomic E-state index is 12.4. The number of carbonyl (C=O) groups excluding carboxylic acids is 1. The molecule has 0 fully saturated rings. The van der Waals surface area contributed by atoms with Crippen molar-refractivity contribution in [2.45, 2.75) is 13.8 Å². The molecule has 3 N–H and O–H groups in total. The van der Waals surface area contributed by atoms with Crippen molar-refractivity contribution in [3.63, 3.8) is 0 Å². The lowest BCUT2D eigenvalue weighted by atomic mass is 10.2. The van der Waals surface area contributed by atoms with E-state index in [2.05, 4.69) is 15.3 Å². The van der Waals surface area contributed by atoms with Crippen LogP contribution in [-0.2, 0) is 4.79 Å². The highest BCUT2D eigenvalue weighted by atomic mass is 16.5. The molecular weight excluding hydrogens is 320 g/mol. The van der Waals surface area contributed by atoms with Gasteiger partial charge >= 0.3 is 5.69 Å². The molecule has 0 radical (unpaired) electrons. The van der Waals surface area contributed by atoms with Gasteiger partial charge in [-0.25, -0.2) is 0 Å². The van der Waals surface area contributed by atoms with Gasteiger partial charge in [0, 0.05) is 32.1 Å². The Morgan fingerprint density at radius 2 is 2.12 bits per heavy atom. The number of carbonyl (C=O) groups is 1. The van der Waals surface area contributed by atoms with E-state index in [-0.39, 0.29) is 12.6 Å². The number of anilines is 2. The summed E-state index contributed by atoms with van der Waals surface area (Å²) in [4.78, 5) is 17.9. The summed E-state index contributed by atoms with van der Waals surface area (Å²) < 4.78 is 5.35. The smallest absolute Gasteiger partial charge is 0.368 e. The summed E-state index contributed by atoms with van der Waals surface area (Å²) in [6.07, 6.45) is 3.30. The van der Waals surface area contributed by atoms with Crippen molar-refractivity contribution in [2.24, 2.45) is 5.10 Å². The number of nitrogens with two attached hydrogens (primary N) is 1. The van der Waals surface area contributed by atoms with E-state index in [0.29, 0.717) is 28.5 Å². The van der Waals surface area contributed by atoms with E-state index in [9.17, 15) is 4.79 Å². The van der Waals surface area contributed by atoms with E-state index in [0.717, 1.165) is 0 Å². The number of likely N-dealkylation sites (N-methyl/N-ethyl adjacent to an activating group) is 1. The lowest BCUT2D eigenvalue weighted by Crippen LogP contribution is -2.38. The molecule has 8 heteroatoms. The molecule has 0 saturated heterocycles. The molecule has 0 aliphatic rings. The second kappa shape index (κ2) is 9.17. The average Bonchev–Trinajstić information content (AvgIpc) is 2.59. The zero-order valence-corrected chi connectivity index (χ0v) is 15.3. The number of methoxy groups -OCH3 is 1. The van der Waals surface area contributed by atoms with Crippen LogP contribution in [0.4, 0.5) is 17.1 Å². The molecule has 8 nitrogen and oxygen atoms in total. The third-order valence-electron chi connectivity index (χ3n) is 3.44. The molecule has 134 valence electrons. The van der Waals surface area contributed by atoms with Crippen LogP contribution in [0.1, 0.15) is 13.8 Å². The minimum Gasteiger partial charge on any atom is -0.494 e. The maximum absolute atomic E-state index is 12.4. The van der Waals surface area contributed by atoms with Crippen molar-refractivity contribution in [2.75, 3.05) is 38.5 Å². The summed E-state index contributed by atoms with van der Waals surface area (Å²) >= 11 is 0. The molecule has 1 aromatic carbocycles. The van der Waals surface area contributed by atoms with Crippen molar-refractivity contribution >= 4 is 29.2 Å². The van der Waals surface area contributed by atoms with Gasteiger partial charge in [-0.1, -0.05) is 6.08 Å². The highest BCUT2D eigenvalue weighted by molar-refractivity contribution is 5.93. The Bertz CT molecular complexity index is 721. The van der Waals surface area contributed by atoms with Crippen LogP contribution in [0.2, 0.25) is 0 Å². The van der Waals surface area contributed by atoms with E-state index < -0.39 is 0 Å². The molecule has 1 rings (SSSR count). The number of ether oxygens (including phenoxy) is 1. The SMILES string of the molecule is C#[N+]c1cc(N)cc(OC)c1N(C)CNC(=O)/C(=C/C)N(C)/N=C/C. The largest absolute Gasteiger partial charge is 0.494 e. The number of hydrogen-bond donors (Lipinski definition) is 2.